The first-order valence-electron chi connectivity index (χ1n) is 7.88. The number of aliphatic carboxylic acids is 1. The summed E-state index contributed by atoms with van der Waals surface area (Å²) in [5.41, 5.74) is -0.449. The molecule has 0 saturated heterocycles. The second-order valence-corrected chi connectivity index (χ2v) is 8.07. The third-order valence-corrected chi connectivity index (χ3v) is 5.92. The molecule has 2 heterocycles. The molecule has 27 heavy (non-hydrogen) atoms. The number of carboxylic acids is 1. The van der Waals surface area contributed by atoms with Crippen molar-refractivity contribution in [2.24, 2.45) is 0 Å². The van der Waals surface area contributed by atoms with Crippen LogP contribution < -0.4 is 9.64 Å². The maximum absolute atomic E-state index is 13.2. The van der Waals surface area contributed by atoms with Crippen LogP contribution in [0.15, 0.2) is 36.4 Å². The normalized spacial score (nSPS) is 19.1. The van der Waals surface area contributed by atoms with Gasteiger partial charge in [-0.15, -0.1) is 0 Å². The summed E-state index contributed by atoms with van der Waals surface area (Å²) >= 11 is 13.4. The molecule has 0 fully saturated rings. The number of rotatable bonds is 3. The predicted octanol–water partition coefficient (Wildman–Crippen LogP) is 4.89. The van der Waals surface area contributed by atoms with Crippen molar-refractivity contribution in [3.8, 4) is 5.75 Å². The van der Waals surface area contributed by atoms with Gasteiger partial charge in [-0.1, -0.05) is 46.7 Å². The average Bonchev–Trinajstić information content (AvgIpc) is 2.98. The minimum absolute atomic E-state index is 0.366. The van der Waals surface area contributed by atoms with E-state index in [0.717, 1.165) is 4.70 Å². The quantitative estimate of drug-likeness (QED) is 0.649. The van der Waals surface area contributed by atoms with Gasteiger partial charge in [0.05, 0.1) is 32.4 Å². The van der Waals surface area contributed by atoms with Gasteiger partial charge in [0.1, 0.15) is 5.75 Å². The standard InChI is InChI=1S/C18H12Cl2N2O4S/c1-18(8-15(23)24)16(25)22(12-4-2-3-5-13(12)26-18)17-21-11-6-9(19)10(20)7-14(11)27-17/h2-7H,8H2,1H3,(H,23,24). The first kappa shape index (κ1) is 18.0. The number of nitrogens with zero attached hydrogens (tertiary/aromatic N) is 2. The molecule has 0 aliphatic carbocycles. The number of carbonyl (C=O) groups is 2. The van der Waals surface area contributed by atoms with Gasteiger partial charge in [-0.3, -0.25) is 9.59 Å². The van der Waals surface area contributed by atoms with Crippen LogP contribution in [-0.4, -0.2) is 27.6 Å². The maximum atomic E-state index is 13.2. The van der Waals surface area contributed by atoms with E-state index in [-0.39, 0.29) is 0 Å². The van der Waals surface area contributed by atoms with Crippen LogP contribution in [0.25, 0.3) is 10.2 Å². The van der Waals surface area contributed by atoms with Gasteiger partial charge in [-0.05, 0) is 31.2 Å². The summed E-state index contributed by atoms with van der Waals surface area (Å²) in [5, 5.41) is 10.4. The molecule has 4 rings (SSSR count). The van der Waals surface area contributed by atoms with Gasteiger partial charge in [-0.2, -0.15) is 0 Å². The fourth-order valence-electron chi connectivity index (χ4n) is 2.96. The number of ether oxygens (including phenoxy) is 1. The highest BCUT2D eigenvalue weighted by molar-refractivity contribution is 7.22. The summed E-state index contributed by atoms with van der Waals surface area (Å²) < 4.78 is 6.53. The second kappa shape index (κ2) is 6.37. The van der Waals surface area contributed by atoms with Crippen LogP contribution in [0.4, 0.5) is 10.8 Å². The molecule has 1 aromatic heterocycles. The number of hydrogen-bond acceptors (Lipinski definition) is 5. The number of anilines is 2. The van der Waals surface area contributed by atoms with E-state index in [1.165, 1.54) is 23.2 Å². The molecular formula is C18H12Cl2N2O4S. The van der Waals surface area contributed by atoms with Gasteiger partial charge in [0.25, 0.3) is 5.91 Å². The number of thiazole rings is 1. The highest BCUT2D eigenvalue weighted by atomic mass is 35.5. The van der Waals surface area contributed by atoms with Crippen LogP contribution in [0.2, 0.25) is 10.0 Å². The number of halogens is 2. The third-order valence-electron chi connectivity index (χ3n) is 4.20. The predicted molar refractivity (Wildman–Crippen MR) is 105 cm³/mol. The molecule has 1 aliphatic rings. The Morgan fingerprint density at radius 3 is 2.74 bits per heavy atom. The zero-order valence-corrected chi connectivity index (χ0v) is 16.2. The van der Waals surface area contributed by atoms with E-state index in [0.29, 0.717) is 32.1 Å². The SMILES string of the molecule is CC1(CC(=O)O)Oc2ccccc2N(c2nc3cc(Cl)c(Cl)cc3s2)C1=O. The zero-order chi connectivity index (χ0) is 19.3. The third kappa shape index (κ3) is 3.01. The highest BCUT2D eigenvalue weighted by Crippen LogP contribution is 2.45. The van der Waals surface area contributed by atoms with Gasteiger partial charge in [0.15, 0.2) is 10.7 Å². The largest absolute Gasteiger partial charge is 0.481 e. The van der Waals surface area contributed by atoms with Gasteiger partial charge in [0, 0.05) is 0 Å². The molecule has 1 atom stereocenters. The monoisotopic (exact) mass is 422 g/mol. The van der Waals surface area contributed by atoms with Crippen LogP contribution in [0.3, 0.4) is 0 Å². The Morgan fingerprint density at radius 2 is 2.00 bits per heavy atom. The summed E-state index contributed by atoms with van der Waals surface area (Å²) in [6, 6.07) is 10.3. The fraction of sp³-hybridized carbons (Fsp3) is 0.167. The Morgan fingerprint density at radius 1 is 1.30 bits per heavy atom. The number of fused-ring (bicyclic) bond motifs is 2. The van der Waals surface area contributed by atoms with Crippen LogP contribution >= 0.6 is 34.5 Å². The van der Waals surface area contributed by atoms with E-state index >= 15 is 0 Å². The minimum atomic E-state index is -1.55. The van der Waals surface area contributed by atoms with Crippen molar-refractivity contribution in [2.45, 2.75) is 18.9 Å². The van der Waals surface area contributed by atoms with Gasteiger partial charge in [-0.25, -0.2) is 9.88 Å². The summed E-state index contributed by atoms with van der Waals surface area (Å²) in [6.07, 6.45) is -0.473. The van der Waals surface area contributed by atoms with E-state index in [4.69, 9.17) is 27.9 Å². The Labute approximate surface area is 167 Å². The van der Waals surface area contributed by atoms with E-state index < -0.39 is 23.9 Å². The van der Waals surface area contributed by atoms with Gasteiger partial charge in [0.2, 0.25) is 0 Å². The number of carboxylic acid groups (broad SMARTS) is 1. The average molecular weight is 423 g/mol. The van der Waals surface area contributed by atoms with Gasteiger partial charge >= 0.3 is 5.97 Å². The summed E-state index contributed by atoms with van der Waals surface area (Å²) in [7, 11) is 0. The Kier molecular flexibility index (Phi) is 4.25. The molecule has 0 bridgehead atoms. The topological polar surface area (TPSA) is 79.7 Å². The lowest BCUT2D eigenvalue weighted by Gasteiger charge is -2.38. The summed E-state index contributed by atoms with van der Waals surface area (Å²) in [4.78, 5) is 30.4. The van der Waals surface area contributed by atoms with Crippen molar-refractivity contribution in [1.29, 1.82) is 0 Å². The molecule has 1 aliphatic heterocycles. The Balaban J connectivity index is 1.89. The van der Waals surface area contributed by atoms with Crippen LogP contribution in [0.5, 0.6) is 5.75 Å². The fourth-order valence-corrected chi connectivity index (χ4v) is 4.34. The van der Waals surface area contributed by atoms with Crippen LogP contribution in [0, 0.1) is 0 Å². The summed E-state index contributed by atoms with van der Waals surface area (Å²) in [6.45, 7) is 1.47. The minimum Gasteiger partial charge on any atom is -0.481 e. The molecule has 0 saturated carbocycles. The van der Waals surface area contributed by atoms with E-state index in [1.54, 1.807) is 36.4 Å². The van der Waals surface area contributed by atoms with Crippen molar-refractivity contribution in [2.75, 3.05) is 4.90 Å². The first-order valence-corrected chi connectivity index (χ1v) is 9.46. The number of hydrogen-bond donors (Lipinski definition) is 1. The Hall–Kier alpha value is -2.35. The molecule has 2 aromatic carbocycles. The molecule has 138 valence electrons. The molecule has 1 N–H and O–H groups in total. The molecule has 0 radical (unpaired) electrons. The van der Waals surface area contributed by atoms with Crippen molar-refractivity contribution in [1.82, 2.24) is 4.98 Å². The lowest BCUT2D eigenvalue weighted by Crippen LogP contribution is -2.53. The highest BCUT2D eigenvalue weighted by Gasteiger charge is 2.47. The first-order chi connectivity index (χ1) is 12.8. The van der Waals surface area contributed by atoms with E-state index in [1.807, 2.05) is 0 Å². The van der Waals surface area contributed by atoms with E-state index in [9.17, 15) is 14.7 Å². The van der Waals surface area contributed by atoms with Crippen molar-refractivity contribution < 1.29 is 19.4 Å². The lowest BCUT2D eigenvalue weighted by atomic mass is 9.97. The molecule has 1 unspecified atom stereocenters. The maximum Gasteiger partial charge on any atom is 0.307 e. The lowest BCUT2D eigenvalue weighted by molar-refractivity contribution is -0.148. The number of benzene rings is 2. The van der Waals surface area contributed by atoms with Gasteiger partial charge < -0.3 is 9.84 Å². The van der Waals surface area contributed by atoms with Crippen LogP contribution in [-0.2, 0) is 9.59 Å². The van der Waals surface area contributed by atoms with Crippen molar-refractivity contribution in [3.63, 3.8) is 0 Å². The van der Waals surface area contributed by atoms with E-state index in [2.05, 4.69) is 4.98 Å². The molecule has 0 spiro atoms. The molecule has 1 amide bonds. The summed E-state index contributed by atoms with van der Waals surface area (Å²) in [5.74, 6) is -1.22. The molecule has 9 heteroatoms. The Bertz CT molecular complexity index is 1060. The molecule has 6 nitrogen and oxygen atoms in total. The van der Waals surface area contributed by atoms with Crippen molar-refractivity contribution in [3.05, 3.63) is 46.4 Å². The number of amides is 1. The second-order valence-electron chi connectivity index (χ2n) is 6.24. The number of para-hydroxylation sites is 2. The van der Waals surface area contributed by atoms with Crippen LogP contribution in [0.1, 0.15) is 13.3 Å². The van der Waals surface area contributed by atoms with Crippen molar-refractivity contribution >= 4 is 67.5 Å². The number of carbonyl (C=O) groups excluding carboxylic acids is 1. The zero-order valence-electron chi connectivity index (χ0n) is 13.9. The smallest absolute Gasteiger partial charge is 0.307 e. The molecular weight excluding hydrogens is 411 g/mol. The number of aromatic nitrogens is 1. The molecule has 3 aromatic rings.